The van der Waals surface area contributed by atoms with E-state index < -0.39 is 0 Å². The van der Waals surface area contributed by atoms with Crippen LogP contribution in [-0.2, 0) is 11.2 Å². The SMILES string of the molecule is CCOC(=O)c1ccc(OC)c2c1OC(C)([C@@H]1CC=C(C)CC1)C2. The van der Waals surface area contributed by atoms with Crippen LogP contribution in [0.4, 0.5) is 0 Å². The number of methoxy groups -OCH3 is 1. The van der Waals surface area contributed by atoms with Crippen molar-refractivity contribution in [3.05, 3.63) is 34.9 Å². The molecule has 0 bridgehead atoms. The Bertz CT molecular complexity index is 676. The zero-order chi connectivity index (χ0) is 17.3. The molecule has 24 heavy (non-hydrogen) atoms. The Balaban J connectivity index is 1.95. The smallest absolute Gasteiger partial charge is 0.341 e. The first-order valence-corrected chi connectivity index (χ1v) is 8.70. The number of ether oxygens (including phenoxy) is 3. The maximum Gasteiger partial charge on any atom is 0.341 e. The molecule has 3 rings (SSSR count). The molecule has 1 unspecified atom stereocenters. The van der Waals surface area contributed by atoms with Crippen LogP contribution in [0.5, 0.6) is 11.5 Å². The zero-order valence-corrected chi connectivity index (χ0v) is 15.0. The molecule has 1 aliphatic heterocycles. The number of fused-ring (bicyclic) bond motifs is 1. The Morgan fingerprint density at radius 1 is 1.42 bits per heavy atom. The summed E-state index contributed by atoms with van der Waals surface area (Å²) in [5.74, 6) is 1.53. The van der Waals surface area contributed by atoms with Crippen molar-refractivity contribution >= 4 is 5.97 Å². The maximum absolute atomic E-state index is 12.3. The van der Waals surface area contributed by atoms with Crippen molar-refractivity contribution in [3.63, 3.8) is 0 Å². The number of carbonyl (C=O) groups excluding carboxylic acids is 1. The van der Waals surface area contributed by atoms with Gasteiger partial charge < -0.3 is 14.2 Å². The first-order chi connectivity index (χ1) is 11.5. The normalized spacial score (nSPS) is 25.5. The third kappa shape index (κ3) is 2.90. The van der Waals surface area contributed by atoms with E-state index in [1.165, 1.54) is 5.57 Å². The van der Waals surface area contributed by atoms with Crippen LogP contribution in [0.25, 0.3) is 0 Å². The van der Waals surface area contributed by atoms with Gasteiger partial charge >= 0.3 is 5.97 Å². The van der Waals surface area contributed by atoms with E-state index in [1.54, 1.807) is 13.2 Å². The number of allylic oxidation sites excluding steroid dienone is 2. The molecular formula is C20H26O4. The van der Waals surface area contributed by atoms with Crippen molar-refractivity contribution in [2.75, 3.05) is 13.7 Å². The predicted octanol–water partition coefficient (Wildman–Crippen LogP) is 4.31. The second kappa shape index (κ2) is 6.50. The summed E-state index contributed by atoms with van der Waals surface area (Å²) < 4.78 is 17.1. The van der Waals surface area contributed by atoms with Crippen molar-refractivity contribution < 1.29 is 19.0 Å². The van der Waals surface area contributed by atoms with E-state index >= 15 is 0 Å². The lowest BCUT2D eigenvalue weighted by Gasteiger charge is -2.35. The largest absolute Gasteiger partial charge is 0.496 e. The summed E-state index contributed by atoms with van der Waals surface area (Å²) in [6.45, 7) is 6.50. The van der Waals surface area contributed by atoms with Crippen LogP contribution in [0.15, 0.2) is 23.8 Å². The Labute approximate surface area is 143 Å². The van der Waals surface area contributed by atoms with Crippen molar-refractivity contribution in [2.24, 2.45) is 5.92 Å². The summed E-state index contributed by atoms with van der Waals surface area (Å²) in [4.78, 5) is 12.3. The third-order valence-corrected chi connectivity index (χ3v) is 5.30. The quantitative estimate of drug-likeness (QED) is 0.609. The van der Waals surface area contributed by atoms with Crippen LogP contribution in [0.3, 0.4) is 0 Å². The second-order valence-electron chi connectivity index (χ2n) is 6.96. The molecule has 1 heterocycles. The van der Waals surface area contributed by atoms with E-state index in [9.17, 15) is 4.79 Å². The third-order valence-electron chi connectivity index (χ3n) is 5.30. The highest BCUT2D eigenvalue weighted by atomic mass is 16.5. The fourth-order valence-corrected chi connectivity index (χ4v) is 3.82. The molecule has 2 atom stereocenters. The molecule has 0 aromatic heterocycles. The van der Waals surface area contributed by atoms with Gasteiger partial charge in [0, 0.05) is 17.9 Å². The number of rotatable bonds is 4. The minimum absolute atomic E-state index is 0.310. The first-order valence-electron chi connectivity index (χ1n) is 8.70. The van der Waals surface area contributed by atoms with E-state index in [0.717, 1.165) is 37.0 Å². The van der Waals surface area contributed by atoms with Crippen LogP contribution >= 0.6 is 0 Å². The minimum atomic E-state index is -0.333. The van der Waals surface area contributed by atoms with Crippen molar-refractivity contribution in [3.8, 4) is 11.5 Å². The molecule has 0 amide bonds. The lowest BCUT2D eigenvalue weighted by Crippen LogP contribution is -2.40. The number of esters is 1. The van der Waals surface area contributed by atoms with Crippen LogP contribution in [-0.4, -0.2) is 25.3 Å². The number of benzene rings is 1. The van der Waals surface area contributed by atoms with Gasteiger partial charge in [0.1, 0.15) is 22.7 Å². The van der Waals surface area contributed by atoms with E-state index in [2.05, 4.69) is 19.9 Å². The van der Waals surface area contributed by atoms with Gasteiger partial charge in [0.05, 0.1) is 13.7 Å². The molecule has 0 N–H and O–H groups in total. The molecule has 130 valence electrons. The zero-order valence-electron chi connectivity index (χ0n) is 15.0. The van der Waals surface area contributed by atoms with Crippen LogP contribution in [0.1, 0.15) is 56.0 Å². The molecule has 0 saturated carbocycles. The minimum Gasteiger partial charge on any atom is -0.496 e. The average Bonchev–Trinajstić information content (AvgIpc) is 2.93. The van der Waals surface area contributed by atoms with Crippen LogP contribution < -0.4 is 9.47 Å². The fourth-order valence-electron chi connectivity index (χ4n) is 3.82. The molecule has 0 saturated heterocycles. The Morgan fingerprint density at radius 2 is 2.21 bits per heavy atom. The molecular weight excluding hydrogens is 304 g/mol. The van der Waals surface area contributed by atoms with Crippen molar-refractivity contribution in [2.45, 2.75) is 52.1 Å². The number of hydrogen-bond acceptors (Lipinski definition) is 4. The van der Waals surface area contributed by atoms with E-state index in [-0.39, 0.29) is 11.6 Å². The van der Waals surface area contributed by atoms with Gasteiger partial charge in [0.25, 0.3) is 0 Å². The van der Waals surface area contributed by atoms with Gasteiger partial charge in [-0.1, -0.05) is 11.6 Å². The topological polar surface area (TPSA) is 44.8 Å². The van der Waals surface area contributed by atoms with Crippen molar-refractivity contribution in [1.29, 1.82) is 0 Å². The van der Waals surface area contributed by atoms with E-state index in [0.29, 0.717) is 23.8 Å². The standard InChI is InChI=1S/C20H26O4/c1-5-23-19(21)15-10-11-17(22-4)16-12-20(3,24-18(15)16)14-8-6-13(2)7-9-14/h6,10-11,14H,5,7-9,12H2,1-4H3/t14-,20?/m1/s1. The second-order valence-corrected chi connectivity index (χ2v) is 6.96. The highest BCUT2D eigenvalue weighted by Crippen LogP contribution is 2.48. The molecule has 4 heteroatoms. The lowest BCUT2D eigenvalue weighted by molar-refractivity contribution is 0.0376. The van der Waals surface area contributed by atoms with Crippen molar-refractivity contribution in [1.82, 2.24) is 0 Å². The van der Waals surface area contributed by atoms with Gasteiger partial charge in [-0.05, 0) is 52.2 Å². The van der Waals surface area contributed by atoms with Gasteiger partial charge in [-0.25, -0.2) is 4.79 Å². The van der Waals surface area contributed by atoms with Gasteiger partial charge in [0.2, 0.25) is 0 Å². The molecule has 1 aromatic rings. The number of carbonyl (C=O) groups is 1. The van der Waals surface area contributed by atoms with Gasteiger partial charge in [-0.15, -0.1) is 0 Å². The van der Waals surface area contributed by atoms with E-state index in [1.807, 2.05) is 13.0 Å². The summed E-state index contributed by atoms with van der Waals surface area (Å²) >= 11 is 0. The first kappa shape index (κ1) is 16.9. The Hall–Kier alpha value is -1.97. The predicted molar refractivity (Wildman–Crippen MR) is 92.8 cm³/mol. The summed E-state index contributed by atoms with van der Waals surface area (Å²) in [7, 11) is 1.65. The van der Waals surface area contributed by atoms with Gasteiger partial charge in [-0.3, -0.25) is 0 Å². The highest BCUT2D eigenvalue weighted by molar-refractivity contribution is 5.94. The Kier molecular flexibility index (Phi) is 4.57. The van der Waals surface area contributed by atoms with Crippen LogP contribution in [0.2, 0.25) is 0 Å². The van der Waals surface area contributed by atoms with Gasteiger partial charge in [0.15, 0.2) is 0 Å². The molecule has 2 aliphatic rings. The summed E-state index contributed by atoms with van der Waals surface area (Å²) in [6, 6.07) is 3.58. The molecule has 0 radical (unpaired) electrons. The van der Waals surface area contributed by atoms with Crippen LogP contribution in [0, 0.1) is 5.92 Å². The number of hydrogen-bond donors (Lipinski definition) is 0. The fraction of sp³-hybridized carbons (Fsp3) is 0.550. The molecule has 1 aromatic carbocycles. The van der Waals surface area contributed by atoms with Gasteiger partial charge in [-0.2, -0.15) is 0 Å². The maximum atomic E-state index is 12.3. The summed E-state index contributed by atoms with van der Waals surface area (Å²) in [6.07, 6.45) is 6.32. The lowest BCUT2D eigenvalue weighted by atomic mass is 9.76. The summed E-state index contributed by atoms with van der Waals surface area (Å²) in [5.41, 5.74) is 2.63. The molecule has 0 fully saturated rings. The molecule has 0 spiro atoms. The highest BCUT2D eigenvalue weighted by Gasteiger charge is 2.45. The van der Waals surface area contributed by atoms with E-state index in [4.69, 9.17) is 14.2 Å². The molecule has 4 nitrogen and oxygen atoms in total. The monoisotopic (exact) mass is 330 g/mol. The average molecular weight is 330 g/mol. The summed E-state index contributed by atoms with van der Waals surface area (Å²) in [5, 5.41) is 0. The Morgan fingerprint density at radius 3 is 2.83 bits per heavy atom. The molecule has 1 aliphatic carbocycles.